The Labute approximate surface area is 108 Å². The van der Waals surface area contributed by atoms with Gasteiger partial charge in [-0.05, 0) is 50.6 Å². The zero-order valence-corrected chi connectivity index (χ0v) is 11.2. The van der Waals surface area contributed by atoms with Crippen molar-refractivity contribution in [2.24, 2.45) is 5.73 Å². The second kappa shape index (κ2) is 4.61. The number of carbonyl (C=O) groups excluding carboxylic acids is 1. The molecule has 1 aromatic rings. The Hall–Kier alpha value is -1.55. The molecular formula is C14H20N2O2. The molecule has 98 valence electrons. The number of carbonyl (C=O) groups is 1. The van der Waals surface area contributed by atoms with E-state index in [-0.39, 0.29) is 5.91 Å². The van der Waals surface area contributed by atoms with Gasteiger partial charge in [0, 0.05) is 12.7 Å². The van der Waals surface area contributed by atoms with Crippen molar-refractivity contribution in [2.45, 2.75) is 25.7 Å². The van der Waals surface area contributed by atoms with E-state index in [0.29, 0.717) is 19.6 Å². The summed E-state index contributed by atoms with van der Waals surface area (Å²) in [5.74, 6) is 0.916. The van der Waals surface area contributed by atoms with Gasteiger partial charge in [0.05, 0.1) is 12.0 Å². The lowest BCUT2D eigenvalue weighted by atomic mass is 9.80. The number of amides is 1. The molecule has 1 atom stereocenters. The maximum absolute atomic E-state index is 12.4. The van der Waals surface area contributed by atoms with Crippen molar-refractivity contribution in [2.75, 3.05) is 25.1 Å². The summed E-state index contributed by atoms with van der Waals surface area (Å²) >= 11 is 0. The number of hydrogen-bond donors (Lipinski definition) is 1. The molecule has 4 nitrogen and oxygen atoms in total. The quantitative estimate of drug-likeness (QED) is 0.881. The first-order valence-electron chi connectivity index (χ1n) is 6.30. The van der Waals surface area contributed by atoms with E-state index >= 15 is 0 Å². The minimum atomic E-state index is -0.522. The van der Waals surface area contributed by atoms with Crippen LogP contribution in [0.25, 0.3) is 0 Å². The van der Waals surface area contributed by atoms with E-state index in [1.165, 1.54) is 0 Å². The molecule has 0 fully saturated rings. The van der Waals surface area contributed by atoms with E-state index in [9.17, 15) is 4.79 Å². The summed E-state index contributed by atoms with van der Waals surface area (Å²) in [6.07, 6.45) is 0.652. The van der Waals surface area contributed by atoms with Crippen LogP contribution in [0.3, 0.4) is 0 Å². The van der Waals surface area contributed by atoms with Gasteiger partial charge in [0.15, 0.2) is 0 Å². The molecule has 4 heteroatoms. The lowest BCUT2D eigenvalue weighted by molar-refractivity contribution is -0.122. The Kier molecular flexibility index (Phi) is 3.30. The maximum Gasteiger partial charge on any atom is 0.237 e. The fourth-order valence-corrected chi connectivity index (χ4v) is 2.63. The number of rotatable bonds is 4. The average Bonchev–Trinajstić information content (AvgIpc) is 2.53. The number of anilines is 1. The fourth-order valence-electron chi connectivity index (χ4n) is 2.63. The standard InChI is InChI=1S/C14H20N2O2/c1-4-18-10-5-6-12-11(9-10)14(2,7-8-15)13(17)16(12)3/h5-6,9H,4,7-8,15H2,1-3H3. The highest BCUT2D eigenvalue weighted by atomic mass is 16.5. The zero-order chi connectivity index (χ0) is 13.3. The Morgan fingerprint density at radius 3 is 2.78 bits per heavy atom. The molecule has 1 amide bonds. The molecule has 0 radical (unpaired) electrons. The van der Waals surface area contributed by atoms with E-state index in [1.54, 1.807) is 4.90 Å². The molecule has 0 spiro atoms. The van der Waals surface area contributed by atoms with Gasteiger partial charge >= 0.3 is 0 Å². The molecule has 1 aliphatic rings. The van der Waals surface area contributed by atoms with Gasteiger partial charge < -0.3 is 15.4 Å². The second-order valence-electron chi connectivity index (χ2n) is 4.85. The van der Waals surface area contributed by atoms with Gasteiger partial charge in [0.25, 0.3) is 0 Å². The number of fused-ring (bicyclic) bond motifs is 1. The van der Waals surface area contributed by atoms with Crippen LogP contribution in [-0.4, -0.2) is 26.1 Å². The highest BCUT2D eigenvalue weighted by Crippen LogP contribution is 2.44. The van der Waals surface area contributed by atoms with Crippen LogP contribution in [0.4, 0.5) is 5.69 Å². The predicted molar refractivity (Wildman–Crippen MR) is 72.0 cm³/mol. The van der Waals surface area contributed by atoms with Crippen LogP contribution in [0, 0.1) is 0 Å². The molecule has 1 heterocycles. The summed E-state index contributed by atoms with van der Waals surface area (Å²) < 4.78 is 5.51. The number of hydrogen-bond acceptors (Lipinski definition) is 3. The third-order valence-electron chi connectivity index (χ3n) is 3.66. The number of ether oxygens (including phenoxy) is 1. The minimum absolute atomic E-state index is 0.108. The van der Waals surface area contributed by atoms with Gasteiger partial charge in [-0.2, -0.15) is 0 Å². The molecule has 0 aromatic heterocycles. The SMILES string of the molecule is CCOc1ccc2c(c1)C(C)(CCN)C(=O)N2C. The summed E-state index contributed by atoms with van der Waals surface area (Å²) in [4.78, 5) is 14.1. The number of benzene rings is 1. The monoisotopic (exact) mass is 248 g/mol. The highest BCUT2D eigenvalue weighted by Gasteiger charge is 2.45. The van der Waals surface area contributed by atoms with Gasteiger partial charge in [0.1, 0.15) is 5.75 Å². The number of likely N-dealkylation sites (N-methyl/N-ethyl adjacent to an activating group) is 1. The second-order valence-corrected chi connectivity index (χ2v) is 4.85. The first-order chi connectivity index (χ1) is 8.54. The van der Waals surface area contributed by atoms with Crippen LogP contribution >= 0.6 is 0 Å². The van der Waals surface area contributed by atoms with Crippen molar-refractivity contribution in [1.82, 2.24) is 0 Å². The topological polar surface area (TPSA) is 55.6 Å². The average molecular weight is 248 g/mol. The Morgan fingerprint density at radius 2 is 2.17 bits per heavy atom. The van der Waals surface area contributed by atoms with Crippen molar-refractivity contribution in [3.05, 3.63) is 23.8 Å². The van der Waals surface area contributed by atoms with Gasteiger partial charge in [-0.15, -0.1) is 0 Å². The lowest BCUT2D eigenvalue weighted by Gasteiger charge is -2.22. The Bertz CT molecular complexity index is 473. The highest BCUT2D eigenvalue weighted by molar-refractivity contribution is 6.07. The van der Waals surface area contributed by atoms with Crippen molar-refractivity contribution in [1.29, 1.82) is 0 Å². The molecule has 0 aliphatic carbocycles. The Morgan fingerprint density at radius 1 is 1.44 bits per heavy atom. The molecule has 1 unspecified atom stereocenters. The molecule has 0 bridgehead atoms. The smallest absolute Gasteiger partial charge is 0.237 e. The van der Waals surface area contributed by atoms with Crippen LogP contribution in [-0.2, 0) is 10.2 Å². The van der Waals surface area contributed by atoms with Crippen molar-refractivity contribution in [3.8, 4) is 5.75 Å². The van der Waals surface area contributed by atoms with Crippen LogP contribution in [0.1, 0.15) is 25.8 Å². The summed E-state index contributed by atoms with van der Waals surface area (Å²) in [6.45, 7) is 5.02. The molecule has 2 N–H and O–H groups in total. The van der Waals surface area contributed by atoms with Crippen molar-refractivity contribution < 1.29 is 9.53 Å². The van der Waals surface area contributed by atoms with Gasteiger partial charge in [0.2, 0.25) is 5.91 Å². The third kappa shape index (κ3) is 1.77. The zero-order valence-electron chi connectivity index (χ0n) is 11.2. The number of nitrogens with zero attached hydrogens (tertiary/aromatic N) is 1. The summed E-state index contributed by atoms with van der Waals surface area (Å²) in [5, 5.41) is 0. The molecule has 0 saturated carbocycles. The molecule has 2 rings (SSSR count). The summed E-state index contributed by atoms with van der Waals surface area (Å²) in [7, 11) is 1.81. The predicted octanol–water partition coefficient (Wildman–Crippen LogP) is 1.67. The number of nitrogens with two attached hydrogens (primary N) is 1. The molecule has 0 saturated heterocycles. The van der Waals surface area contributed by atoms with Gasteiger partial charge in [-0.1, -0.05) is 0 Å². The van der Waals surface area contributed by atoms with Crippen LogP contribution < -0.4 is 15.4 Å². The normalized spacial score (nSPS) is 22.2. The van der Waals surface area contributed by atoms with E-state index in [0.717, 1.165) is 17.0 Å². The van der Waals surface area contributed by atoms with Crippen molar-refractivity contribution in [3.63, 3.8) is 0 Å². The van der Waals surface area contributed by atoms with E-state index in [1.807, 2.05) is 39.1 Å². The molecule has 18 heavy (non-hydrogen) atoms. The van der Waals surface area contributed by atoms with Gasteiger partial charge in [-0.3, -0.25) is 4.79 Å². The molecule has 1 aliphatic heterocycles. The first kappa shape index (κ1) is 12.9. The summed E-state index contributed by atoms with van der Waals surface area (Å²) in [6, 6.07) is 5.82. The minimum Gasteiger partial charge on any atom is -0.494 e. The first-order valence-corrected chi connectivity index (χ1v) is 6.30. The summed E-state index contributed by atoms with van der Waals surface area (Å²) in [5.41, 5.74) is 7.11. The Balaban J connectivity index is 2.50. The largest absolute Gasteiger partial charge is 0.494 e. The lowest BCUT2D eigenvalue weighted by Crippen LogP contribution is -2.37. The van der Waals surface area contributed by atoms with Gasteiger partial charge in [-0.25, -0.2) is 0 Å². The van der Waals surface area contributed by atoms with Crippen LogP contribution in [0.15, 0.2) is 18.2 Å². The van der Waals surface area contributed by atoms with Crippen LogP contribution in [0.5, 0.6) is 5.75 Å². The van der Waals surface area contributed by atoms with E-state index in [4.69, 9.17) is 10.5 Å². The fraction of sp³-hybridized carbons (Fsp3) is 0.500. The van der Waals surface area contributed by atoms with E-state index < -0.39 is 5.41 Å². The molecular weight excluding hydrogens is 228 g/mol. The third-order valence-corrected chi connectivity index (χ3v) is 3.66. The maximum atomic E-state index is 12.4. The van der Waals surface area contributed by atoms with E-state index in [2.05, 4.69) is 0 Å². The molecule has 1 aromatic carbocycles. The van der Waals surface area contributed by atoms with Crippen molar-refractivity contribution >= 4 is 11.6 Å². The van der Waals surface area contributed by atoms with Crippen LogP contribution in [0.2, 0.25) is 0 Å².